The summed E-state index contributed by atoms with van der Waals surface area (Å²) in [5, 5.41) is 8.22. The molecule has 4 heterocycles. The zero-order chi connectivity index (χ0) is 21.0. The van der Waals surface area contributed by atoms with E-state index in [0.29, 0.717) is 0 Å². The van der Waals surface area contributed by atoms with Crippen molar-refractivity contribution in [2.75, 3.05) is 50.0 Å². The lowest BCUT2D eigenvalue weighted by molar-refractivity contribution is 0.0331. The SMILES string of the molecule is CC1CCc2c(sc3nc(CN4CCOCC4)nc(NCCNc4ccccn4)c23)C1. The lowest BCUT2D eigenvalue weighted by Crippen LogP contribution is -2.36. The first-order valence-corrected chi connectivity index (χ1v) is 12.1. The third kappa shape index (κ3) is 4.81. The van der Waals surface area contributed by atoms with Crippen molar-refractivity contribution in [3.05, 3.63) is 40.7 Å². The highest BCUT2D eigenvalue weighted by molar-refractivity contribution is 7.19. The van der Waals surface area contributed by atoms with Gasteiger partial charge in [0.25, 0.3) is 0 Å². The summed E-state index contributed by atoms with van der Waals surface area (Å²) in [7, 11) is 0. The van der Waals surface area contributed by atoms with Crippen molar-refractivity contribution in [2.45, 2.75) is 32.7 Å². The summed E-state index contributed by atoms with van der Waals surface area (Å²) in [6.07, 6.45) is 5.34. The third-order valence-corrected chi connectivity index (χ3v) is 7.21. The number of fused-ring (bicyclic) bond motifs is 3. The first-order chi connectivity index (χ1) is 15.3. The highest BCUT2D eigenvalue weighted by atomic mass is 32.1. The number of pyridine rings is 1. The minimum atomic E-state index is 0.750. The van der Waals surface area contributed by atoms with E-state index in [-0.39, 0.29) is 0 Å². The van der Waals surface area contributed by atoms with Crippen LogP contribution in [0.5, 0.6) is 0 Å². The molecule has 164 valence electrons. The van der Waals surface area contributed by atoms with Crippen molar-refractivity contribution >= 4 is 33.2 Å². The summed E-state index contributed by atoms with van der Waals surface area (Å²) >= 11 is 1.87. The summed E-state index contributed by atoms with van der Waals surface area (Å²) in [6, 6.07) is 5.91. The molecule has 1 saturated heterocycles. The summed E-state index contributed by atoms with van der Waals surface area (Å²) in [5.41, 5.74) is 1.47. The Kier molecular flexibility index (Phi) is 6.29. The highest BCUT2D eigenvalue weighted by Gasteiger charge is 2.24. The molecule has 1 aliphatic heterocycles. The molecular formula is C23H30N6OS. The Balaban J connectivity index is 1.37. The third-order valence-electron chi connectivity index (χ3n) is 6.06. The molecule has 1 aliphatic carbocycles. The number of thiophene rings is 1. The van der Waals surface area contributed by atoms with E-state index in [1.165, 1.54) is 22.2 Å². The fraction of sp³-hybridized carbons (Fsp3) is 0.522. The monoisotopic (exact) mass is 438 g/mol. The Hall–Kier alpha value is -2.29. The Bertz CT molecular complexity index is 1020. The van der Waals surface area contributed by atoms with Crippen molar-refractivity contribution in [3.63, 3.8) is 0 Å². The zero-order valence-corrected chi connectivity index (χ0v) is 18.9. The van der Waals surface area contributed by atoms with Gasteiger partial charge in [-0.2, -0.15) is 0 Å². The second-order valence-electron chi connectivity index (χ2n) is 8.48. The smallest absolute Gasteiger partial charge is 0.146 e. The average Bonchev–Trinajstić information content (AvgIpc) is 3.15. The van der Waals surface area contributed by atoms with Crippen LogP contribution in [0.1, 0.15) is 29.6 Å². The Morgan fingerprint density at radius 1 is 1.16 bits per heavy atom. The fourth-order valence-corrected chi connectivity index (χ4v) is 5.78. The van der Waals surface area contributed by atoms with Crippen LogP contribution in [0.2, 0.25) is 0 Å². The number of aryl methyl sites for hydroxylation is 1. The first kappa shape index (κ1) is 20.6. The van der Waals surface area contributed by atoms with E-state index in [9.17, 15) is 0 Å². The van der Waals surface area contributed by atoms with Gasteiger partial charge in [0.2, 0.25) is 0 Å². The molecule has 0 aromatic carbocycles. The quantitative estimate of drug-likeness (QED) is 0.546. The van der Waals surface area contributed by atoms with Gasteiger partial charge in [0.15, 0.2) is 0 Å². The summed E-state index contributed by atoms with van der Waals surface area (Å²) in [4.78, 5) is 19.3. The number of nitrogens with zero attached hydrogens (tertiary/aromatic N) is 4. The molecule has 1 unspecified atom stereocenters. The van der Waals surface area contributed by atoms with Crippen molar-refractivity contribution in [3.8, 4) is 0 Å². The van der Waals surface area contributed by atoms with Crippen LogP contribution in [0.3, 0.4) is 0 Å². The molecule has 0 saturated carbocycles. The zero-order valence-electron chi connectivity index (χ0n) is 18.1. The second kappa shape index (κ2) is 9.46. The van der Waals surface area contributed by atoms with Crippen LogP contribution in [0.4, 0.5) is 11.6 Å². The molecule has 2 aliphatic rings. The van der Waals surface area contributed by atoms with Crippen LogP contribution in [0.25, 0.3) is 10.2 Å². The van der Waals surface area contributed by atoms with Gasteiger partial charge in [0.1, 0.15) is 22.3 Å². The number of hydrogen-bond donors (Lipinski definition) is 2. The maximum atomic E-state index is 5.49. The largest absolute Gasteiger partial charge is 0.379 e. The predicted molar refractivity (Wildman–Crippen MR) is 126 cm³/mol. The molecule has 3 aromatic rings. The summed E-state index contributed by atoms with van der Waals surface area (Å²) in [6.45, 7) is 8.15. The van der Waals surface area contributed by atoms with Gasteiger partial charge in [-0.25, -0.2) is 15.0 Å². The Labute approximate surface area is 187 Å². The molecule has 7 nitrogen and oxygen atoms in total. The van der Waals surface area contributed by atoms with Crippen LogP contribution in [0, 0.1) is 5.92 Å². The molecule has 0 amide bonds. The fourth-order valence-electron chi connectivity index (χ4n) is 4.38. The van der Waals surface area contributed by atoms with E-state index in [1.807, 2.05) is 29.5 Å². The minimum absolute atomic E-state index is 0.750. The van der Waals surface area contributed by atoms with Gasteiger partial charge in [-0.05, 0) is 42.9 Å². The number of anilines is 2. The maximum Gasteiger partial charge on any atom is 0.146 e. The molecule has 31 heavy (non-hydrogen) atoms. The van der Waals surface area contributed by atoms with E-state index in [4.69, 9.17) is 14.7 Å². The van der Waals surface area contributed by atoms with E-state index < -0.39 is 0 Å². The molecule has 0 radical (unpaired) electrons. The van der Waals surface area contributed by atoms with Crippen LogP contribution >= 0.6 is 11.3 Å². The molecule has 5 rings (SSSR count). The van der Waals surface area contributed by atoms with Crippen LogP contribution in [-0.4, -0.2) is 59.2 Å². The standard InChI is InChI=1S/C23H30N6OS/c1-16-5-6-17-18(14-16)31-23-21(17)22(26-9-8-25-19-4-2-3-7-24-19)27-20(28-23)15-29-10-12-30-13-11-29/h2-4,7,16H,5-6,8-15H2,1H3,(H,24,25)(H,26,27,28). The molecule has 8 heteroatoms. The van der Waals surface area contributed by atoms with Crippen molar-refractivity contribution < 1.29 is 4.74 Å². The second-order valence-corrected chi connectivity index (χ2v) is 9.56. The Morgan fingerprint density at radius 3 is 2.87 bits per heavy atom. The van der Waals surface area contributed by atoms with Gasteiger partial charge < -0.3 is 15.4 Å². The van der Waals surface area contributed by atoms with E-state index in [1.54, 1.807) is 6.20 Å². The van der Waals surface area contributed by atoms with Crippen LogP contribution < -0.4 is 10.6 Å². The van der Waals surface area contributed by atoms with Gasteiger partial charge in [0.05, 0.1) is 25.1 Å². The molecule has 2 N–H and O–H groups in total. The van der Waals surface area contributed by atoms with Crippen molar-refractivity contribution in [2.24, 2.45) is 5.92 Å². The van der Waals surface area contributed by atoms with Gasteiger partial charge >= 0.3 is 0 Å². The van der Waals surface area contributed by atoms with Crippen molar-refractivity contribution in [1.29, 1.82) is 0 Å². The van der Waals surface area contributed by atoms with E-state index in [0.717, 1.165) is 87.0 Å². The van der Waals surface area contributed by atoms with E-state index in [2.05, 4.69) is 27.4 Å². The number of nitrogens with one attached hydrogen (secondary N) is 2. The van der Waals surface area contributed by atoms with Crippen LogP contribution in [-0.2, 0) is 24.1 Å². The molecule has 1 atom stereocenters. The molecule has 0 bridgehead atoms. The Morgan fingerprint density at radius 2 is 2.03 bits per heavy atom. The van der Waals surface area contributed by atoms with Gasteiger partial charge in [-0.1, -0.05) is 13.0 Å². The van der Waals surface area contributed by atoms with Crippen LogP contribution in [0.15, 0.2) is 24.4 Å². The molecular weight excluding hydrogens is 408 g/mol. The minimum Gasteiger partial charge on any atom is -0.379 e. The number of morpholine rings is 1. The van der Waals surface area contributed by atoms with Gasteiger partial charge in [-0.15, -0.1) is 11.3 Å². The lowest BCUT2D eigenvalue weighted by Gasteiger charge is -2.26. The van der Waals surface area contributed by atoms with Gasteiger partial charge in [-0.3, -0.25) is 4.90 Å². The lowest BCUT2D eigenvalue weighted by atomic mass is 9.89. The van der Waals surface area contributed by atoms with Gasteiger partial charge in [0, 0.05) is 37.3 Å². The molecule has 3 aromatic heterocycles. The number of rotatable bonds is 7. The summed E-state index contributed by atoms with van der Waals surface area (Å²) < 4.78 is 5.49. The maximum absolute atomic E-state index is 5.49. The van der Waals surface area contributed by atoms with E-state index >= 15 is 0 Å². The molecule has 0 spiro atoms. The number of aromatic nitrogens is 3. The summed E-state index contributed by atoms with van der Waals surface area (Å²) in [5.74, 6) is 3.54. The first-order valence-electron chi connectivity index (χ1n) is 11.3. The topological polar surface area (TPSA) is 75.2 Å². The normalized spacial score (nSPS) is 19.3. The average molecular weight is 439 g/mol. The molecule has 1 fully saturated rings. The highest BCUT2D eigenvalue weighted by Crippen LogP contribution is 2.40. The van der Waals surface area contributed by atoms with Crippen molar-refractivity contribution in [1.82, 2.24) is 19.9 Å². The number of ether oxygens (including phenoxy) is 1. The predicted octanol–water partition coefficient (Wildman–Crippen LogP) is 3.57. The number of hydrogen-bond acceptors (Lipinski definition) is 8.